The van der Waals surface area contributed by atoms with Crippen molar-refractivity contribution in [1.29, 1.82) is 0 Å². The number of rotatable bonds is 3. The first-order valence-corrected chi connectivity index (χ1v) is 4.97. The normalized spacial score (nSPS) is 30.8. The second-order valence-corrected chi connectivity index (χ2v) is 4.23. The van der Waals surface area contributed by atoms with Crippen LogP contribution in [0.2, 0.25) is 0 Å². The molecule has 0 saturated heterocycles. The highest BCUT2D eigenvalue weighted by Crippen LogP contribution is 2.42. The van der Waals surface area contributed by atoms with Crippen molar-refractivity contribution in [2.75, 3.05) is 6.61 Å². The molecule has 2 heteroatoms. The maximum atomic E-state index is 10.6. The van der Waals surface area contributed by atoms with Gasteiger partial charge < -0.3 is 4.74 Å². The van der Waals surface area contributed by atoms with Gasteiger partial charge in [-0.2, -0.15) is 0 Å². The Kier molecular flexibility index (Phi) is 3.14. The van der Waals surface area contributed by atoms with Gasteiger partial charge in [0.05, 0.1) is 6.61 Å². The van der Waals surface area contributed by atoms with Crippen LogP contribution >= 0.6 is 0 Å². The molecule has 2 atom stereocenters. The lowest BCUT2D eigenvalue weighted by molar-refractivity contribution is -0.141. The summed E-state index contributed by atoms with van der Waals surface area (Å²) >= 11 is 0. The van der Waals surface area contributed by atoms with Crippen molar-refractivity contribution in [3.63, 3.8) is 0 Å². The Morgan fingerprint density at radius 2 is 2.36 bits per heavy atom. The molecule has 78 valence electrons. The van der Waals surface area contributed by atoms with Crippen LogP contribution < -0.4 is 0 Å². The van der Waals surface area contributed by atoms with Crippen molar-refractivity contribution in [1.82, 2.24) is 0 Å². The number of allylic oxidation sites excluding steroid dienone is 3. The van der Waals surface area contributed by atoms with E-state index in [2.05, 4.69) is 32.6 Å². The molecule has 0 aromatic carbocycles. The largest absolute Gasteiger partial charge is 0.466 e. The zero-order valence-electron chi connectivity index (χ0n) is 9.17. The van der Waals surface area contributed by atoms with Crippen LogP contribution in [0.1, 0.15) is 27.2 Å². The van der Waals surface area contributed by atoms with E-state index in [0.717, 1.165) is 12.0 Å². The molecule has 0 radical (unpaired) electrons. The molecule has 2 nitrogen and oxygen atoms in total. The Labute approximate surface area is 85.6 Å². The van der Waals surface area contributed by atoms with Crippen LogP contribution in [0.15, 0.2) is 24.3 Å². The molecule has 0 bridgehead atoms. The minimum absolute atomic E-state index is 0.104. The van der Waals surface area contributed by atoms with Crippen molar-refractivity contribution in [2.45, 2.75) is 27.2 Å². The first kappa shape index (κ1) is 11.0. The topological polar surface area (TPSA) is 26.3 Å². The molecule has 0 fully saturated rings. The molecule has 0 aromatic heterocycles. The molecule has 0 saturated carbocycles. The van der Waals surface area contributed by atoms with Crippen LogP contribution in [-0.4, -0.2) is 12.6 Å². The van der Waals surface area contributed by atoms with E-state index in [1.54, 1.807) is 0 Å². The van der Waals surface area contributed by atoms with Crippen molar-refractivity contribution in [2.24, 2.45) is 11.3 Å². The quantitative estimate of drug-likeness (QED) is 0.646. The van der Waals surface area contributed by atoms with E-state index in [-0.39, 0.29) is 11.4 Å². The molecular weight excluding hydrogens is 176 g/mol. The molecule has 0 unspecified atom stereocenters. The summed E-state index contributed by atoms with van der Waals surface area (Å²) in [7, 11) is 0. The van der Waals surface area contributed by atoms with Gasteiger partial charge in [-0.1, -0.05) is 38.2 Å². The number of esters is 1. The summed E-state index contributed by atoms with van der Waals surface area (Å²) < 4.78 is 4.95. The molecule has 0 aromatic rings. The van der Waals surface area contributed by atoms with Crippen LogP contribution in [0, 0.1) is 11.3 Å². The maximum Gasteiger partial charge on any atom is 0.302 e. The van der Waals surface area contributed by atoms with Crippen LogP contribution in [-0.2, 0) is 9.53 Å². The molecule has 0 N–H and O–H groups in total. The van der Waals surface area contributed by atoms with Gasteiger partial charge in [-0.3, -0.25) is 4.79 Å². The predicted octanol–water partition coefficient (Wildman–Crippen LogP) is 2.71. The highest BCUT2D eigenvalue weighted by molar-refractivity contribution is 5.65. The SMILES string of the molecule is C=C1C=C[C@](C)(CCOC(C)=O)[C@@H]1C. The fourth-order valence-corrected chi connectivity index (χ4v) is 1.72. The second-order valence-electron chi connectivity index (χ2n) is 4.23. The highest BCUT2D eigenvalue weighted by atomic mass is 16.5. The van der Waals surface area contributed by atoms with Crippen molar-refractivity contribution in [3.8, 4) is 0 Å². The zero-order valence-corrected chi connectivity index (χ0v) is 9.17. The van der Waals surface area contributed by atoms with Crippen LogP contribution in [0.5, 0.6) is 0 Å². The van der Waals surface area contributed by atoms with Gasteiger partial charge in [0.15, 0.2) is 0 Å². The molecule has 0 heterocycles. The van der Waals surface area contributed by atoms with E-state index in [0.29, 0.717) is 12.5 Å². The summed E-state index contributed by atoms with van der Waals surface area (Å²) in [5, 5.41) is 0. The Balaban J connectivity index is 2.47. The predicted molar refractivity (Wildman–Crippen MR) is 56.8 cm³/mol. The molecule has 1 aliphatic rings. The fourth-order valence-electron chi connectivity index (χ4n) is 1.72. The fraction of sp³-hybridized carbons (Fsp3) is 0.583. The molecule has 1 rings (SSSR count). The lowest BCUT2D eigenvalue weighted by atomic mass is 9.77. The molecule has 0 spiro atoms. The molecule has 0 aliphatic heterocycles. The van der Waals surface area contributed by atoms with Gasteiger partial charge in [0.25, 0.3) is 0 Å². The van der Waals surface area contributed by atoms with Gasteiger partial charge in [0.1, 0.15) is 0 Å². The van der Waals surface area contributed by atoms with Gasteiger partial charge in [-0.15, -0.1) is 0 Å². The van der Waals surface area contributed by atoms with Gasteiger partial charge in [0.2, 0.25) is 0 Å². The smallest absolute Gasteiger partial charge is 0.302 e. The third-order valence-corrected chi connectivity index (χ3v) is 3.17. The van der Waals surface area contributed by atoms with Crippen LogP contribution in [0.4, 0.5) is 0 Å². The van der Waals surface area contributed by atoms with E-state index in [1.165, 1.54) is 6.92 Å². The van der Waals surface area contributed by atoms with E-state index in [1.807, 2.05) is 0 Å². The highest BCUT2D eigenvalue weighted by Gasteiger charge is 2.33. The van der Waals surface area contributed by atoms with E-state index < -0.39 is 0 Å². The average molecular weight is 194 g/mol. The Hall–Kier alpha value is -1.05. The van der Waals surface area contributed by atoms with Crippen molar-refractivity contribution >= 4 is 5.97 Å². The third kappa shape index (κ3) is 2.25. The first-order valence-electron chi connectivity index (χ1n) is 4.97. The standard InChI is InChI=1S/C12H18O2/c1-9-5-6-12(4,10(9)2)7-8-14-11(3)13/h5-6,10H,1,7-8H2,2-4H3/t10-,12-/m1/s1. The average Bonchev–Trinajstić information content (AvgIpc) is 2.34. The summed E-state index contributed by atoms with van der Waals surface area (Å²) in [4.78, 5) is 10.6. The van der Waals surface area contributed by atoms with Gasteiger partial charge in [0, 0.05) is 6.92 Å². The van der Waals surface area contributed by atoms with Crippen molar-refractivity contribution in [3.05, 3.63) is 24.3 Å². The number of carbonyl (C=O) groups excluding carboxylic acids is 1. The van der Waals surface area contributed by atoms with E-state index in [9.17, 15) is 4.79 Å². The molecular formula is C12H18O2. The first-order chi connectivity index (χ1) is 6.46. The Morgan fingerprint density at radius 3 is 2.79 bits per heavy atom. The number of hydrogen-bond donors (Lipinski definition) is 0. The summed E-state index contributed by atoms with van der Waals surface area (Å²) in [6.07, 6.45) is 5.10. The lowest BCUT2D eigenvalue weighted by Crippen LogP contribution is -2.22. The molecule has 0 amide bonds. The molecule has 14 heavy (non-hydrogen) atoms. The Morgan fingerprint density at radius 1 is 1.71 bits per heavy atom. The maximum absolute atomic E-state index is 10.6. The second kappa shape index (κ2) is 3.99. The minimum atomic E-state index is -0.206. The van der Waals surface area contributed by atoms with Crippen molar-refractivity contribution < 1.29 is 9.53 Å². The number of hydrogen-bond acceptors (Lipinski definition) is 2. The summed E-state index contributed by atoms with van der Waals surface area (Å²) in [5.41, 5.74) is 1.27. The zero-order chi connectivity index (χ0) is 10.8. The van der Waals surface area contributed by atoms with E-state index in [4.69, 9.17) is 4.74 Å². The van der Waals surface area contributed by atoms with Crippen LogP contribution in [0.3, 0.4) is 0 Å². The number of carbonyl (C=O) groups is 1. The third-order valence-electron chi connectivity index (χ3n) is 3.17. The van der Waals surface area contributed by atoms with E-state index >= 15 is 0 Å². The monoisotopic (exact) mass is 194 g/mol. The summed E-state index contributed by atoms with van der Waals surface area (Å²) in [6.45, 7) is 10.3. The minimum Gasteiger partial charge on any atom is -0.466 e. The summed E-state index contributed by atoms with van der Waals surface area (Å²) in [6, 6.07) is 0. The Bertz CT molecular complexity index is 278. The van der Waals surface area contributed by atoms with Crippen LogP contribution in [0.25, 0.3) is 0 Å². The van der Waals surface area contributed by atoms with Gasteiger partial charge >= 0.3 is 5.97 Å². The lowest BCUT2D eigenvalue weighted by Gasteiger charge is -2.28. The molecule has 1 aliphatic carbocycles. The number of ether oxygens (including phenoxy) is 1. The van der Waals surface area contributed by atoms with Gasteiger partial charge in [-0.05, 0) is 17.8 Å². The van der Waals surface area contributed by atoms with Gasteiger partial charge in [-0.25, -0.2) is 0 Å². The summed E-state index contributed by atoms with van der Waals surface area (Å²) in [5.74, 6) is 0.236.